The minimum atomic E-state index is -0.0168. The maximum absolute atomic E-state index is 6.83. The fraction of sp³-hybridized carbons (Fsp3) is 0.246. The van der Waals surface area contributed by atoms with Gasteiger partial charge < -0.3 is 13.7 Å². The van der Waals surface area contributed by atoms with Crippen LogP contribution in [0.4, 0.5) is 0 Å². The Bertz CT molecular complexity index is 3440. The molecule has 6 aromatic carbocycles. The van der Waals surface area contributed by atoms with Crippen LogP contribution in [0.15, 0.2) is 169 Å². The molecule has 0 aliphatic heterocycles. The van der Waals surface area contributed by atoms with E-state index in [1.165, 1.54) is 65.9 Å². The monoisotopic (exact) mass is 874 g/mol. The Morgan fingerprint density at radius 2 is 1.31 bits per heavy atom. The molecule has 0 radical (unpaired) electrons. The number of hydrogen-bond donors (Lipinski definition) is 0. The van der Waals surface area contributed by atoms with E-state index in [-0.39, 0.29) is 5.41 Å². The highest BCUT2D eigenvalue weighted by Gasteiger charge is 2.51. The summed E-state index contributed by atoms with van der Waals surface area (Å²) in [6.07, 6.45) is 15.8. The molecule has 4 aromatic heterocycles. The lowest BCUT2D eigenvalue weighted by atomic mass is 9.48. The molecule has 4 aliphatic rings. The SMILES string of the molecule is C[n+]1[c-]n2c(-c3cccc(Oc4ccc5c6cc(C78CC9CC(CC(C9)C7)C8)ccc6n(-c6cc(C(C)(C)C)ccn6)c5c4)c3)coc2c1-c1c(-c2ccccc2)cccc1-c1ccccc1. The second kappa shape index (κ2) is 15.2. The van der Waals surface area contributed by atoms with Gasteiger partial charge >= 0.3 is 0 Å². The number of rotatable bonds is 8. The number of oxazole rings is 1. The number of aromatic nitrogens is 4. The molecule has 0 amide bonds. The van der Waals surface area contributed by atoms with Gasteiger partial charge in [0.15, 0.2) is 0 Å². The quantitative estimate of drug-likeness (QED) is 0.113. The molecule has 4 fully saturated rings. The molecule has 6 nitrogen and oxygen atoms in total. The lowest BCUT2D eigenvalue weighted by molar-refractivity contribution is -0.663. The Kier molecular flexibility index (Phi) is 9.09. The highest BCUT2D eigenvalue weighted by molar-refractivity contribution is 6.10. The van der Waals surface area contributed by atoms with E-state index in [2.05, 4.69) is 182 Å². The van der Waals surface area contributed by atoms with Gasteiger partial charge in [-0.15, -0.1) is 0 Å². The second-order valence-electron chi connectivity index (χ2n) is 21.0. The van der Waals surface area contributed by atoms with Gasteiger partial charge in [0.25, 0.3) is 0 Å². The first-order chi connectivity index (χ1) is 32.7. The lowest BCUT2D eigenvalue weighted by Crippen LogP contribution is -2.48. The number of fused-ring (bicyclic) bond motifs is 4. The van der Waals surface area contributed by atoms with Crippen molar-refractivity contribution in [2.45, 2.75) is 70.1 Å². The number of benzene rings is 6. The van der Waals surface area contributed by atoms with Gasteiger partial charge in [-0.3, -0.25) is 8.97 Å². The maximum atomic E-state index is 6.83. The van der Waals surface area contributed by atoms with Gasteiger partial charge in [0.05, 0.1) is 30.0 Å². The van der Waals surface area contributed by atoms with Crippen LogP contribution in [0.5, 0.6) is 11.5 Å². The predicted molar refractivity (Wildman–Crippen MR) is 269 cm³/mol. The van der Waals surface area contributed by atoms with Crippen LogP contribution in [0.3, 0.4) is 0 Å². The number of nitrogens with zero attached hydrogens (tertiary/aromatic N) is 4. The summed E-state index contributed by atoms with van der Waals surface area (Å²) in [5, 5.41) is 2.52. The van der Waals surface area contributed by atoms with Gasteiger partial charge in [0.1, 0.15) is 23.0 Å². The molecule has 10 aromatic rings. The Morgan fingerprint density at radius 3 is 2.00 bits per heavy atom. The van der Waals surface area contributed by atoms with E-state index in [4.69, 9.17) is 14.1 Å². The first-order valence-corrected chi connectivity index (χ1v) is 24.2. The van der Waals surface area contributed by atoms with Crippen LogP contribution in [0.25, 0.3) is 78.1 Å². The second-order valence-corrected chi connectivity index (χ2v) is 21.0. The minimum absolute atomic E-state index is 0.0168. The molecule has 0 spiro atoms. The van der Waals surface area contributed by atoms with Crippen LogP contribution in [-0.2, 0) is 17.9 Å². The molecule has 0 unspecified atom stereocenters. The van der Waals surface area contributed by atoms with Gasteiger partial charge in [-0.2, -0.15) is 0 Å². The van der Waals surface area contributed by atoms with Crippen LogP contribution < -0.4 is 9.30 Å². The summed E-state index contributed by atoms with van der Waals surface area (Å²) in [6.45, 7) is 6.80. The van der Waals surface area contributed by atoms with E-state index in [0.29, 0.717) is 5.41 Å². The minimum Gasteiger partial charge on any atom is -0.484 e. The largest absolute Gasteiger partial charge is 0.484 e. The highest BCUT2D eigenvalue weighted by atomic mass is 16.5. The average molecular weight is 875 g/mol. The van der Waals surface area contributed by atoms with Crippen LogP contribution in [0.2, 0.25) is 0 Å². The van der Waals surface area contributed by atoms with E-state index < -0.39 is 0 Å². The van der Waals surface area contributed by atoms with Crippen molar-refractivity contribution in [2.24, 2.45) is 24.8 Å². The topological polar surface area (TPSA) is 48.5 Å². The summed E-state index contributed by atoms with van der Waals surface area (Å²) in [5.74, 6) is 5.11. The summed E-state index contributed by atoms with van der Waals surface area (Å²) in [6, 6.07) is 54.4. The standard InChI is InChI=1S/C61H54N4O2/c1-60(2,3)45-25-26-62-56(32-45)65-53-24-21-46(61-34-39-27-40(35-61)29-41(28-39)36-61)31-52(53)51-23-22-48(33-54(51)65)67-47-18-11-17-44(30-47)55-37-66-59-58(63(4)38-64(55)59)57-49(42-13-7-5-8-14-42)19-12-20-50(57)43-15-9-6-10-16-43/h5-26,30-33,37,39-41H,27-29,34-36H2,1-4H3. The first-order valence-electron chi connectivity index (χ1n) is 24.2. The van der Waals surface area contributed by atoms with Crippen LogP contribution in [0, 0.1) is 24.1 Å². The maximum Gasteiger partial charge on any atom is 0.246 e. The fourth-order valence-electron chi connectivity index (χ4n) is 12.9. The number of hydrogen-bond acceptors (Lipinski definition) is 3. The number of pyridine rings is 1. The number of aryl methyl sites for hydroxylation is 1. The molecule has 67 heavy (non-hydrogen) atoms. The Balaban J connectivity index is 0.893. The zero-order chi connectivity index (χ0) is 45.0. The van der Waals surface area contributed by atoms with Crippen LogP contribution in [0.1, 0.15) is 70.4 Å². The van der Waals surface area contributed by atoms with E-state index in [9.17, 15) is 0 Å². The summed E-state index contributed by atoms with van der Waals surface area (Å²) in [4.78, 5) is 5.02. The van der Waals surface area contributed by atoms with E-state index in [1.54, 1.807) is 0 Å². The van der Waals surface area contributed by atoms with Gasteiger partial charge in [-0.25, -0.2) is 4.98 Å². The summed E-state index contributed by atoms with van der Waals surface area (Å²) in [7, 11) is 2.05. The van der Waals surface area contributed by atoms with Crippen molar-refractivity contribution < 1.29 is 13.7 Å². The third-order valence-electron chi connectivity index (χ3n) is 15.6. The molecular weight excluding hydrogens is 821 g/mol. The molecule has 330 valence electrons. The van der Waals surface area contributed by atoms with Crippen molar-refractivity contribution in [3.05, 3.63) is 182 Å². The molecule has 4 bridgehead atoms. The molecule has 6 heteroatoms. The average Bonchev–Trinajstić information content (AvgIpc) is 4.00. The van der Waals surface area contributed by atoms with Gasteiger partial charge in [0, 0.05) is 23.0 Å². The fourth-order valence-corrected chi connectivity index (χ4v) is 12.9. The van der Waals surface area contributed by atoms with Crippen molar-refractivity contribution in [2.75, 3.05) is 0 Å². The summed E-state index contributed by atoms with van der Waals surface area (Å²) in [5.41, 5.74) is 14.5. The molecule has 0 atom stereocenters. The number of ether oxygens (including phenoxy) is 1. The van der Waals surface area contributed by atoms with Crippen molar-refractivity contribution in [1.29, 1.82) is 0 Å². The van der Waals surface area contributed by atoms with E-state index in [0.717, 1.165) is 91.1 Å². The predicted octanol–water partition coefficient (Wildman–Crippen LogP) is 14.9. The molecule has 0 N–H and O–H groups in total. The Hall–Kier alpha value is -7.18. The van der Waals surface area contributed by atoms with Gasteiger partial charge in [-0.1, -0.05) is 118 Å². The molecule has 14 rings (SSSR count). The molecule has 4 saturated carbocycles. The Morgan fingerprint density at radius 1 is 0.657 bits per heavy atom. The van der Waals surface area contributed by atoms with Crippen molar-refractivity contribution in [1.82, 2.24) is 14.0 Å². The first kappa shape index (κ1) is 40.1. The highest BCUT2D eigenvalue weighted by Crippen LogP contribution is 2.61. The molecule has 4 aliphatic carbocycles. The van der Waals surface area contributed by atoms with Crippen molar-refractivity contribution in [3.63, 3.8) is 0 Å². The van der Waals surface area contributed by atoms with Gasteiger partial charge in [-0.05, 0) is 160 Å². The molecule has 0 saturated heterocycles. The lowest BCUT2D eigenvalue weighted by Gasteiger charge is -2.57. The zero-order valence-corrected chi connectivity index (χ0v) is 38.7. The molecular formula is C61H54N4O2. The number of imidazole rings is 1. The summed E-state index contributed by atoms with van der Waals surface area (Å²) >= 11 is 0. The van der Waals surface area contributed by atoms with E-state index >= 15 is 0 Å². The third-order valence-corrected chi connectivity index (χ3v) is 15.6. The smallest absolute Gasteiger partial charge is 0.246 e. The normalized spacial score (nSPS) is 20.1. The van der Waals surface area contributed by atoms with Crippen molar-refractivity contribution >= 4 is 27.5 Å². The summed E-state index contributed by atoms with van der Waals surface area (Å²) < 4.78 is 19.8. The Labute approximate surface area is 392 Å². The van der Waals surface area contributed by atoms with Crippen LogP contribution in [-0.4, -0.2) is 14.0 Å². The molecule has 4 heterocycles. The van der Waals surface area contributed by atoms with Crippen LogP contribution >= 0.6 is 0 Å². The van der Waals surface area contributed by atoms with Crippen molar-refractivity contribution in [3.8, 4) is 62.1 Å². The van der Waals surface area contributed by atoms with Gasteiger partial charge in [0.2, 0.25) is 12.0 Å². The third kappa shape index (κ3) is 6.66. The zero-order valence-electron chi connectivity index (χ0n) is 38.7. The van der Waals surface area contributed by atoms with E-state index in [1.807, 2.05) is 30.0 Å².